The summed E-state index contributed by atoms with van der Waals surface area (Å²) in [5.41, 5.74) is -0.800. The fourth-order valence-electron chi connectivity index (χ4n) is 6.04. The number of carbonyl (C=O) groups is 3. The quantitative estimate of drug-likeness (QED) is 0.304. The van der Waals surface area contributed by atoms with Gasteiger partial charge in [-0.05, 0) is 45.7 Å². The van der Waals surface area contributed by atoms with Crippen LogP contribution in [0.2, 0.25) is 0 Å². The molecule has 1 aromatic heterocycles. The average molecular weight is 602 g/mol. The molecule has 1 saturated carbocycles. The molecule has 10 nitrogen and oxygen atoms in total. The van der Waals surface area contributed by atoms with E-state index in [1.807, 2.05) is 61.5 Å². The van der Waals surface area contributed by atoms with Crippen molar-refractivity contribution in [2.75, 3.05) is 13.7 Å². The third kappa shape index (κ3) is 5.68. The molecule has 2 aliphatic rings. The summed E-state index contributed by atoms with van der Waals surface area (Å²) in [7, 11) is 1.59. The largest absolute Gasteiger partial charge is 0.497 e. The molecule has 2 N–H and O–H groups in total. The Bertz CT molecular complexity index is 1600. The van der Waals surface area contributed by atoms with Crippen LogP contribution in [0, 0.1) is 5.41 Å². The number of hydrogen-bond donors (Lipinski definition) is 2. The number of nitrogens with one attached hydrogen (secondary N) is 1. The standard InChI is InChI=1S/C34H39N3O7/c1-7-33(8-2)20-34(33,30(39)40)36-29(38)27-17-23(19-37(27)31(41)44-32(3,4)5)43-28-18-25(21-12-10-9-11-13-21)35-26-16-22(42-6)14-15-24(26)28/h7,9-16,18,23,27H,1,8,17,19-20H2,2-6H3,(H,36,38)(H,39,40)/t23-,27+,33+,34+/m1/s1. The number of amides is 2. The molecule has 44 heavy (non-hydrogen) atoms. The van der Waals surface area contributed by atoms with Gasteiger partial charge in [-0.1, -0.05) is 43.3 Å². The Morgan fingerprint density at radius 1 is 1.16 bits per heavy atom. The zero-order chi connectivity index (χ0) is 31.9. The normalized spacial score (nSPS) is 24.4. The Morgan fingerprint density at radius 2 is 1.89 bits per heavy atom. The van der Waals surface area contributed by atoms with E-state index < -0.39 is 46.7 Å². The summed E-state index contributed by atoms with van der Waals surface area (Å²) in [6, 6.07) is 16.0. The van der Waals surface area contributed by atoms with Crippen molar-refractivity contribution in [3.63, 3.8) is 0 Å². The van der Waals surface area contributed by atoms with Crippen LogP contribution < -0.4 is 14.8 Å². The first-order chi connectivity index (χ1) is 20.8. The fourth-order valence-corrected chi connectivity index (χ4v) is 6.04. The number of aromatic nitrogens is 1. The van der Waals surface area contributed by atoms with Gasteiger partial charge in [0, 0.05) is 34.9 Å². The van der Waals surface area contributed by atoms with E-state index in [1.165, 1.54) is 4.90 Å². The molecule has 10 heteroatoms. The first-order valence-electron chi connectivity index (χ1n) is 14.7. The number of likely N-dealkylation sites (tertiary alicyclic amines) is 1. The highest BCUT2D eigenvalue weighted by molar-refractivity contribution is 5.95. The van der Waals surface area contributed by atoms with E-state index in [-0.39, 0.29) is 19.4 Å². The third-order valence-corrected chi connectivity index (χ3v) is 8.56. The third-order valence-electron chi connectivity index (χ3n) is 8.56. The van der Waals surface area contributed by atoms with Gasteiger partial charge in [0.25, 0.3) is 0 Å². The maximum atomic E-state index is 13.8. The Kier molecular flexibility index (Phi) is 8.05. The number of hydrogen-bond acceptors (Lipinski definition) is 7. The minimum absolute atomic E-state index is 0.0636. The molecule has 2 amide bonds. The van der Waals surface area contributed by atoms with Crippen molar-refractivity contribution < 1.29 is 33.7 Å². The molecule has 0 unspecified atom stereocenters. The highest BCUT2D eigenvalue weighted by Crippen LogP contribution is 2.60. The number of fused-ring (bicyclic) bond motifs is 1. The highest BCUT2D eigenvalue weighted by Gasteiger charge is 2.71. The molecule has 1 aliphatic carbocycles. The Labute approximate surface area is 257 Å². The second kappa shape index (κ2) is 11.5. The summed E-state index contributed by atoms with van der Waals surface area (Å²) in [5, 5.41) is 13.6. The van der Waals surface area contributed by atoms with Crippen LogP contribution >= 0.6 is 0 Å². The fraction of sp³-hybridized carbons (Fsp3) is 0.412. The van der Waals surface area contributed by atoms with E-state index >= 15 is 0 Å². The van der Waals surface area contributed by atoms with Crippen LogP contribution in [0.5, 0.6) is 11.5 Å². The number of ether oxygens (including phenoxy) is 3. The monoisotopic (exact) mass is 601 g/mol. The van der Waals surface area contributed by atoms with Crippen molar-refractivity contribution >= 4 is 28.9 Å². The van der Waals surface area contributed by atoms with Gasteiger partial charge in [-0.25, -0.2) is 14.6 Å². The molecule has 1 aliphatic heterocycles. The van der Waals surface area contributed by atoms with Crippen molar-refractivity contribution in [3.05, 3.63) is 67.3 Å². The van der Waals surface area contributed by atoms with Crippen molar-refractivity contribution in [1.29, 1.82) is 0 Å². The molecule has 3 aromatic rings. The molecule has 232 valence electrons. The number of nitrogens with zero attached hydrogens (tertiary/aromatic N) is 2. The van der Waals surface area contributed by atoms with Crippen LogP contribution in [-0.4, -0.2) is 69.9 Å². The summed E-state index contributed by atoms with van der Waals surface area (Å²) < 4.78 is 17.6. The van der Waals surface area contributed by atoms with Crippen LogP contribution in [0.25, 0.3) is 22.2 Å². The molecule has 2 aromatic carbocycles. The molecule has 0 spiro atoms. The summed E-state index contributed by atoms with van der Waals surface area (Å²) in [6.07, 6.45) is 1.19. The van der Waals surface area contributed by atoms with Crippen LogP contribution in [0.15, 0.2) is 67.3 Å². The minimum Gasteiger partial charge on any atom is -0.497 e. The lowest BCUT2D eigenvalue weighted by molar-refractivity contribution is -0.145. The second-order valence-electron chi connectivity index (χ2n) is 12.5. The van der Waals surface area contributed by atoms with E-state index in [2.05, 4.69) is 11.9 Å². The number of rotatable bonds is 9. The van der Waals surface area contributed by atoms with Gasteiger partial charge in [-0.15, -0.1) is 6.58 Å². The van der Waals surface area contributed by atoms with E-state index in [4.69, 9.17) is 19.2 Å². The minimum atomic E-state index is -1.48. The van der Waals surface area contributed by atoms with Gasteiger partial charge < -0.3 is 24.6 Å². The summed E-state index contributed by atoms with van der Waals surface area (Å²) in [6.45, 7) is 11.0. The van der Waals surface area contributed by atoms with Gasteiger partial charge in [-0.3, -0.25) is 9.69 Å². The SMILES string of the molecule is C=C[C@]1(CC)C[C@]1(NC(=O)[C@@H]1C[C@@H](Oc2cc(-c3ccccc3)nc3cc(OC)ccc23)CN1C(=O)OC(C)(C)C)C(=O)O. The average Bonchev–Trinajstić information content (AvgIpc) is 3.46. The molecular weight excluding hydrogens is 562 g/mol. The predicted molar refractivity (Wildman–Crippen MR) is 166 cm³/mol. The number of benzene rings is 2. The maximum absolute atomic E-state index is 13.8. The molecule has 2 heterocycles. The summed E-state index contributed by atoms with van der Waals surface area (Å²) in [5.74, 6) is -0.525. The highest BCUT2D eigenvalue weighted by atomic mass is 16.6. The van der Waals surface area contributed by atoms with Gasteiger partial charge in [0.2, 0.25) is 5.91 Å². The predicted octanol–water partition coefficient (Wildman–Crippen LogP) is 5.59. The lowest BCUT2D eigenvalue weighted by atomic mass is 9.96. The first-order valence-corrected chi connectivity index (χ1v) is 14.7. The Hall–Kier alpha value is -4.60. The summed E-state index contributed by atoms with van der Waals surface area (Å²) >= 11 is 0. The topological polar surface area (TPSA) is 127 Å². The van der Waals surface area contributed by atoms with Gasteiger partial charge in [-0.2, -0.15) is 0 Å². The van der Waals surface area contributed by atoms with E-state index in [1.54, 1.807) is 34.0 Å². The Morgan fingerprint density at radius 3 is 2.48 bits per heavy atom. The van der Waals surface area contributed by atoms with E-state index in [0.717, 1.165) is 10.9 Å². The lowest BCUT2D eigenvalue weighted by Gasteiger charge is -2.29. The molecule has 5 rings (SSSR count). The second-order valence-corrected chi connectivity index (χ2v) is 12.5. The molecule has 0 bridgehead atoms. The van der Waals surface area contributed by atoms with Crippen LogP contribution in [0.3, 0.4) is 0 Å². The molecule has 1 saturated heterocycles. The van der Waals surface area contributed by atoms with E-state index in [0.29, 0.717) is 29.1 Å². The molecular formula is C34H39N3O7. The van der Waals surface area contributed by atoms with Crippen molar-refractivity contribution in [2.45, 2.75) is 70.2 Å². The number of carboxylic acids is 1. The van der Waals surface area contributed by atoms with Gasteiger partial charge in [0.15, 0.2) is 0 Å². The zero-order valence-corrected chi connectivity index (χ0v) is 25.8. The first kappa shape index (κ1) is 30.8. The number of pyridine rings is 1. The molecule has 4 atom stereocenters. The number of methoxy groups -OCH3 is 1. The maximum Gasteiger partial charge on any atom is 0.411 e. The molecule has 2 fully saturated rings. The number of carboxylic acid groups (broad SMARTS) is 1. The molecule has 0 radical (unpaired) electrons. The smallest absolute Gasteiger partial charge is 0.411 e. The van der Waals surface area contributed by atoms with Crippen LogP contribution in [0.1, 0.15) is 47.0 Å². The van der Waals surface area contributed by atoms with Crippen molar-refractivity contribution in [3.8, 4) is 22.8 Å². The number of carbonyl (C=O) groups excluding carboxylic acids is 2. The Balaban J connectivity index is 1.48. The van der Waals surface area contributed by atoms with Crippen molar-refractivity contribution in [2.24, 2.45) is 5.41 Å². The number of aliphatic carboxylic acids is 1. The van der Waals surface area contributed by atoms with Crippen molar-refractivity contribution in [1.82, 2.24) is 15.2 Å². The van der Waals surface area contributed by atoms with E-state index in [9.17, 15) is 19.5 Å². The van der Waals surface area contributed by atoms with Gasteiger partial charge in [0.1, 0.15) is 34.8 Å². The van der Waals surface area contributed by atoms with Gasteiger partial charge >= 0.3 is 12.1 Å². The lowest BCUT2D eigenvalue weighted by Crippen LogP contribution is -2.54. The zero-order valence-electron chi connectivity index (χ0n) is 25.8. The van der Waals surface area contributed by atoms with Gasteiger partial charge in [0.05, 0.1) is 24.9 Å². The van der Waals surface area contributed by atoms with Crippen LogP contribution in [0.4, 0.5) is 4.79 Å². The van der Waals surface area contributed by atoms with Crippen LogP contribution in [-0.2, 0) is 14.3 Å². The summed E-state index contributed by atoms with van der Waals surface area (Å²) in [4.78, 5) is 45.7.